The molecule has 0 aliphatic heterocycles. The van der Waals surface area contributed by atoms with Crippen molar-refractivity contribution in [1.82, 2.24) is 5.32 Å². The van der Waals surface area contributed by atoms with E-state index in [0.29, 0.717) is 5.92 Å². The zero-order chi connectivity index (χ0) is 8.10. The van der Waals surface area contributed by atoms with Gasteiger partial charge in [-0.15, -0.1) is 0 Å². The molecule has 62 valence electrons. The molecule has 0 radical (unpaired) electrons. The highest BCUT2D eigenvalue weighted by Gasteiger charge is 2.06. The van der Waals surface area contributed by atoms with Crippen molar-refractivity contribution < 1.29 is 4.74 Å². The third-order valence-corrected chi connectivity index (χ3v) is 1.86. The van der Waals surface area contributed by atoms with Gasteiger partial charge in [0.25, 0.3) is 0 Å². The predicted octanol–water partition coefficient (Wildman–Crippen LogP) is 1.31. The Labute approximate surface area is 67.9 Å². The molecule has 1 aliphatic rings. The molecule has 0 aromatic carbocycles. The summed E-state index contributed by atoms with van der Waals surface area (Å²) in [5, 5.41) is 3.15. The molecule has 11 heavy (non-hydrogen) atoms. The van der Waals surface area contributed by atoms with Crippen molar-refractivity contribution in [3.8, 4) is 0 Å². The summed E-state index contributed by atoms with van der Waals surface area (Å²) in [5.74, 6) is 1.62. The highest BCUT2D eigenvalue weighted by Crippen LogP contribution is 2.15. The molecule has 1 rings (SSSR count). The Morgan fingerprint density at radius 1 is 1.73 bits per heavy atom. The first-order valence-corrected chi connectivity index (χ1v) is 3.93. The Balaban J connectivity index is 2.37. The summed E-state index contributed by atoms with van der Waals surface area (Å²) < 4.78 is 5.07. The molecule has 0 saturated carbocycles. The van der Waals surface area contributed by atoms with Gasteiger partial charge in [0, 0.05) is 6.54 Å². The molecule has 2 heteroatoms. The number of nitrogens with one attached hydrogen (secondary N) is 1. The van der Waals surface area contributed by atoms with Gasteiger partial charge in [0.05, 0.1) is 7.11 Å². The third-order valence-electron chi connectivity index (χ3n) is 1.86. The van der Waals surface area contributed by atoms with E-state index >= 15 is 0 Å². The monoisotopic (exact) mass is 153 g/mol. The van der Waals surface area contributed by atoms with Gasteiger partial charge in [-0.3, -0.25) is 0 Å². The lowest BCUT2D eigenvalue weighted by atomic mass is 10.0. The van der Waals surface area contributed by atoms with Gasteiger partial charge in [-0.25, -0.2) is 0 Å². The zero-order valence-electron chi connectivity index (χ0n) is 7.13. The summed E-state index contributed by atoms with van der Waals surface area (Å²) >= 11 is 0. The number of hydrogen-bond acceptors (Lipinski definition) is 2. The largest absolute Gasteiger partial charge is 0.497 e. The molecule has 0 heterocycles. The van der Waals surface area contributed by atoms with E-state index in [4.69, 9.17) is 4.74 Å². The summed E-state index contributed by atoms with van der Waals surface area (Å²) in [4.78, 5) is 0. The maximum Gasteiger partial charge on any atom is 0.114 e. The van der Waals surface area contributed by atoms with Crippen molar-refractivity contribution in [1.29, 1.82) is 0 Å². The van der Waals surface area contributed by atoms with Gasteiger partial charge in [-0.1, -0.05) is 6.08 Å². The summed E-state index contributed by atoms with van der Waals surface area (Å²) in [5.41, 5.74) is 0. The van der Waals surface area contributed by atoms with Gasteiger partial charge in [-0.05, 0) is 31.5 Å². The fourth-order valence-corrected chi connectivity index (χ4v) is 1.21. The molecule has 0 aromatic rings. The SMILES string of the molecule is CNCC1C=CC(OC)=CC1. The second kappa shape index (κ2) is 4.19. The third kappa shape index (κ3) is 2.39. The minimum absolute atomic E-state index is 0.638. The van der Waals surface area contributed by atoms with Crippen molar-refractivity contribution in [3.63, 3.8) is 0 Å². The molecular weight excluding hydrogens is 138 g/mol. The molecule has 1 aliphatic carbocycles. The molecule has 1 atom stereocenters. The minimum atomic E-state index is 0.638. The molecule has 0 aromatic heterocycles. The molecule has 0 bridgehead atoms. The standard InChI is InChI=1S/C9H15NO/c1-10-7-8-3-5-9(11-2)6-4-8/h3,5-6,8,10H,4,7H2,1-2H3. The Bertz CT molecular complexity index is 172. The second-order valence-electron chi connectivity index (χ2n) is 2.72. The first-order chi connectivity index (χ1) is 5.36. The first-order valence-electron chi connectivity index (χ1n) is 3.93. The first kappa shape index (κ1) is 8.34. The van der Waals surface area contributed by atoms with Crippen LogP contribution in [0.5, 0.6) is 0 Å². The Morgan fingerprint density at radius 2 is 2.55 bits per heavy atom. The summed E-state index contributed by atoms with van der Waals surface area (Å²) in [6.07, 6.45) is 7.43. The van der Waals surface area contributed by atoms with Gasteiger partial charge in [0.2, 0.25) is 0 Å². The van der Waals surface area contributed by atoms with Crippen LogP contribution in [-0.4, -0.2) is 20.7 Å². The summed E-state index contributed by atoms with van der Waals surface area (Å²) in [6, 6.07) is 0. The molecule has 2 nitrogen and oxygen atoms in total. The van der Waals surface area contributed by atoms with E-state index < -0.39 is 0 Å². The number of hydrogen-bond donors (Lipinski definition) is 1. The van der Waals surface area contributed by atoms with Gasteiger partial charge >= 0.3 is 0 Å². The number of allylic oxidation sites excluding steroid dienone is 2. The number of methoxy groups -OCH3 is 1. The van der Waals surface area contributed by atoms with Crippen LogP contribution in [0.3, 0.4) is 0 Å². The summed E-state index contributed by atoms with van der Waals surface area (Å²) in [6.45, 7) is 1.05. The van der Waals surface area contributed by atoms with Crippen LogP contribution in [0, 0.1) is 5.92 Å². The van der Waals surface area contributed by atoms with E-state index in [0.717, 1.165) is 18.7 Å². The zero-order valence-corrected chi connectivity index (χ0v) is 7.13. The molecule has 0 amide bonds. The van der Waals surface area contributed by atoms with Crippen LogP contribution < -0.4 is 5.32 Å². The van der Waals surface area contributed by atoms with Crippen LogP contribution in [0.4, 0.5) is 0 Å². The molecule has 0 fully saturated rings. The van der Waals surface area contributed by atoms with Crippen molar-refractivity contribution in [3.05, 3.63) is 24.0 Å². The molecule has 1 N–H and O–H groups in total. The van der Waals surface area contributed by atoms with Gasteiger partial charge in [-0.2, -0.15) is 0 Å². The van der Waals surface area contributed by atoms with Crippen LogP contribution in [0.15, 0.2) is 24.0 Å². The minimum Gasteiger partial charge on any atom is -0.497 e. The number of ether oxygens (including phenoxy) is 1. The molecule has 1 unspecified atom stereocenters. The molecule has 0 saturated heterocycles. The van der Waals surface area contributed by atoms with E-state index in [1.165, 1.54) is 0 Å². The lowest BCUT2D eigenvalue weighted by Gasteiger charge is -2.14. The van der Waals surface area contributed by atoms with Crippen molar-refractivity contribution in [2.45, 2.75) is 6.42 Å². The van der Waals surface area contributed by atoms with E-state index in [9.17, 15) is 0 Å². The highest BCUT2D eigenvalue weighted by molar-refractivity contribution is 5.18. The molecule has 0 spiro atoms. The van der Waals surface area contributed by atoms with E-state index in [2.05, 4.69) is 17.5 Å². The van der Waals surface area contributed by atoms with Crippen molar-refractivity contribution in [2.24, 2.45) is 5.92 Å². The highest BCUT2D eigenvalue weighted by atomic mass is 16.5. The quantitative estimate of drug-likeness (QED) is 0.660. The molecular formula is C9H15NO. The van der Waals surface area contributed by atoms with Gasteiger partial charge in [0.1, 0.15) is 5.76 Å². The van der Waals surface area contributed by atoms with Gasteiger partial charge in [0.15, 0.2) is 0 Å². The van der Waals surface area contributed by atoms with E-state index in [1.807, 2.05) is 13.1 Å². The topological polar surface area (TPSA) is 21.3 Å². The fourth-order valence-electron chi connectivity index (χ4n) is 1.21. The Hall–Kier alpha value is -0.760. The van der Waals surface area contributed by atoms with Gasteiger partial charge < -0.3 is 10.1 Å². The van der Waals surface area contributed by atoms with E-state index in [1.54, 1.807) is 7.11 Å². The average molecular weight is 153 g/mol. The Kier molecular flexibility index (Phi) is 3.17. The van der Waals surface area contributed by atoms with Crippen LogP contribution in [-0.2, 0) is 4.74 Å². The normalized spacial score (nSPS) is 23.1. The lowest BCUT2D eigenvalue weighted by molar-refractivity contribution is 0.301. The predicted molar refractivity (Wildman–Crippen MR) is 46.3 cm³/mol. The second-order valence-corrected chi connectivity index (χ2v) is 2.72. The van der Waals surface area contributed by atoms with Crippen LogP contribution in [0.2, 0.25) is 0 Å². The maximum atomic E-state index is 5.07. The van der Waals surface area contributed by atoms with Crippen LogP contribution in [0.25, 0.3) is 0 Å². The van der Waals surface area contributed by atoms with Crippen molar-refractivity contribution >= 4 is 0 Å². The Morgan fingerprint density at radius 3 is 3.00 bits per heavy atom. The fraction of sp³-hybridized carbons (Fsp3) is 0.556. The lowest BCUT2D eigenvalue weighted by Crippen LogP contribution is -2.17. The van der Waals surface area contributed by atoms with Crippen molar-refractivity contribution in [2.75, 3.05) is 20.7 Å². The summed E-state index contributed by atoms with van der Waals surface area (Å²) in [7, 11) is 3.68. The maximum absolute atomic E-state index is 5.07. The number of rotatable bonds is 3. The van der Waals surface area contributed by atoms with E-state index in [-0.39, 0.29) is 0 Å². The average Bonchev–Trinajstić information content (AvgIpc) is 2.07. The smallest absolute Gasteiger partial charge is 0.114 e. The van der Waals surface area contributed by atoms with Crippen LogP contribution >= 0.6 is 0 Å². The van der Waals surface area contributed by atoms with Crippen LogP contribution in [0.1, 0.15) is 6.42 Å².